The van der Waals surface area contributed by atoms with Crippen molar-refractivity contribution in [3.63, 3.8) is 0 Å². The van der Waals surface area contributed by atoms with Crippen LogP contribution >= 0.6 is 11.8 Å². The highest BCUT2D eigenvalue weighted by molar-refractivity contribution is 7.99. The molecule has 3 aromatic rings. The predicted molar refractivity (Wildman–Crippen MR) is 82.0 cm³/mol. The molecule has 0 bridgehead atoms. The number of hydrogen-bond acceptors (Lipinski definition) is 4. The van der Waals surface area contributed by atoms with Crippen molar-refractivity contribution in [2.45, 2.75) is 12.1 Å². The Bertz CT molecular complexity index is 799. The number of nitrogens with zero attached hydrogens (tertiary/aromatic N) is 3. The molecule has 2 aromatic heterocycles. The second-order valence-electron chi connectivity index (χ2n) is 4.55. The van der Waals surface area contributed by atoms with Gasteiger partial charge in [-0.1, -0.05) is 30.0 Å². The molecule has 0 saturated carbocycles. The minimum absolute atomic E-state index is 0.0325. The normalized spacial score (nSPS) is 10.9. The van der Waals surface area contributed by atoms with Crippen molar-refractivity contribution in [2.75, 3.05) is 5.75 Å². The van der Waals surface area contributed by atoms with E-state index in [1.165, 1.54) is 11.8 Å². The number of carboxylic acids is 1. The van der Waals surface area contributed by atoms with Gasteiger partial charge in [-0.05, 0) is 30.7 Å². The lowest BCUT2D eigenvalue weighted by molar-refractivity contribution is -0.133. The molecule has 3 rings (SSSR count). The van der Waals surface area contributed by atoms with Crippen LogP contribution in [0.5, 0.6) is 0 Å². The number of benzene rings is 1. The molecule has 5 nitrogen and oxygen atoms in total. The van der Waals surface area contributed by atoms with Crippen LogP contribution < -0.4 is 0 Å². The number of hydrogen-bond donors (Lipinski definition) is 1. The lowest BCUT2D eigenvalue weighted by Crippen LogP contribution is -2.02. The number of fused-ring (bicyclic) bond motifs is 1. The summed E-state index contributed by atoms with van der Waals surface area (Å²) in [7, 11) is 0. The highest BCUT2D eigenvalue weighted by Crippen LogP contribution is 2.28. The topological polar surface area (TPSA) is 68.0 Å². The number of aliphatic carboxylic acids is 1. The first kappa shape index (κ1) is 13.6. The SMILES string of the molecule is Cc1ccnc2c1nc(SCC(=O)O)n2-c1ccccc1. The summed E-state index contributed by atoms with van der Waals surface area (Å²) in [6.45, 7) is 1.97. The molecule has 0 aliphatic carbocycles. The molecule has 2 heterocycles. The van der Waals surface area contributed by atoms with Crippen LogP contribution in [-0.2, 0) is 4.79 Å². The van der Waals surface area contributed by atoms with Gasteiger partial charge in [0.05, 0.1) is 5.75 Å². The van der Waals surface area contributed by atoms with E-state index in [-0.39, 0.29) is 5.75 Å². The molecule has 0 radical (unpaired) electrons. The van der Waals surface area contributed by atoms with Crippen molar-refractivity contribution in [3.05, 3.63) is 48.2 Å². The van der Waals surface area contributed by atoms with E-state index in [0.29, 0.717) is 5.16 Å². The molecule has 0 saturated heterocycles. The van der Waals surface area contributed by atoms with Crippen LogP contribution in [0.3, 0.4) is 0 Å². The molecule has 0 fully saturated rings. The van der Waals surface area contributed by atoms with Gasteiger partial charge in [-0.25, -0.2) is 9.97 Å². The Hall–Kier alpha value is -2.34. The van der Waals surface area contributed by atoms with Gasteiger partial charge in [0.25, 0.3) is 0 Å². The first-order valence-corrected chi connectivity index (χ1v) is 7.39. The zero-order valence-corrected chi connectivity index (χ0v) is 12.2. The summed E-state index contributed by atoms with van der Waals surface area (Å²) in [6, 6.07) is 11.6. The van der Waals surface area contributed by atoms with Crippen molar-refractivity contribution in [1.29, 1.82) is 0 Å². The molecule has 0 aliphatic rings. The number of rotatable bonds is 4. The Balaban J connectivity index is 2.21. The summed E-state index contributed by atoms with van der Waals surface area (Å²) in [5.41, 5.74) is 3.49. The number of para-hydroxylation sites is 1. The maximum atomic E-state index is 10.8. The van der Waals surface area contributed by atoms with E-state index in [1.807, 2.05) is 47.9 Å². The van der Waals surface area contributed by atoms with Crippen LogP contribution in [-0.4, -0.2) is 31.4 Å². The van der Waals surface area contributed by atoms with Crippen molar-refractivity contribution in [2.24, 2.45) is 0 Å². The second kappa shape index (κ2) is 5.57. The average Bonchev–Trinajstić information content (AvgIpc) is 2.86. The van der Waals surface area contributed by atoms with Gasteiger partial charge in [0.15, 0.2) is 10.8 Å². The Kier molecular flexibility index (Phi) is 3.62. The van der Waals surface area contributed by atoms with E-state index in [0.717, 1.165) is 22.4 Å². The van der Waals surface area contributed by atoms with Gasteiger partial charge in [-0.2, -0.15) is 0 Å². The fourth-order valence-corrected chi connectivity index (χ4v) is 2.84. The number of imidazole rings is 1. The van der Waals surface area contributed by atoms with Crippen LogP contribution in [0.15, 0.2) is 47.8 Å². The molecule has 1 aromatic carbocycles. The molecule has 0 amide bonds. The van der Waals surface area contributed by atoms with Crippen LogP contribution in [0.25, 0.3) is 16.9 Å². The van der Waals surface area contributed by atoms with E-state index in [1.54, 1.807) is 6.20 Å². The van der Waals surface area contributed by atoms with Gasteiger partial charge >= 0.3 is 5.97 Å². The quantitative estimate of drug-likeness (QED) is 0.750. The molecule has 0 atom stereocenters. The van der Waals surface area contributed by atoms with E-state index < -0.39 is 5.97 Å². The Morgan fingerprint density at radius 1 is 1.29 bits per heavy atom. The Morgan fingerprint density at radius 2 is 2.05 bits per heavy atom. The van der Waals surface area contributed by atoms with Crippen LogP contribution in [0.1, 0.15) is 5.56 Å². The summed E-state index contributed by atoms with van der Waals surface area (Å²) in [5, 5.41) is 9.53. The standard InChI is InChI=1S/C15H13N3O2S/c1-10-7-8-16-14-13(10)17-15(21-9-12(19)20)18(14)11-5-3-2-4-6-11/h2-8H,9H2,1H3,(H,19,20). The molecular formula is C15H13N3O2S. The zero-order valence-electron chi connectivity index (χ0n) is 11.4. The Morgan fingerprint density at radius 3 is 2.76 bits per heavy atom. The lowest BCUT2D eigenvalue weighted by Gasteiger charge is -2.07. The van der Waals surface area contributed by atoms with E-state index in [4.69, 9.17) is 5.11 Å². The maximum absolute atomic E-state index is 10.8. The van der Waals surface area contributed by atoms with Crippen molar-refractivity contribution < 1.29 is 9.90 Å². The summed E-state index contributed by atoms with van der Waals surface area (Å²) < 4.78 is 1.90. The molecule has 0 unspecified atom stereocenters. The highest BCUT2D eigenvalue weighted by atomic mass is 32.2. The molecule has 6 heteroatoms. The van der Waals surface area contributed by atoms with E-state index in [2.05, 4.69) is 9.97 Å². The fraction of sp³-hybridized carbons (Fsp3) is 0.133. The third-order valence-electron chi connectivity index (χ3n) is 3.06. The fourth-order valence-electron chi connectivity index (χ4n) is 2.11. The van der Waals surface area contributed by atoms with Gasteiger partial charge in [0.1, 0.15) is 5.52 Å². The van der Waals surface area contributed by atoms with E-state index >= 15 is 0 Å². The van der Waals surface area contributed by atoms with Crippen molar-refractivity contribution >= 4 is 28.9 Å². The third-order valence-corrected chi connectivity index (χ3v) is 3.98. The lowest BCUT2D eigenvalue weighted by atomic mass is 10.2. The number of aryl methyl sites for hydroxylation is 1. The largest absolute Gasteiger partial charge is 0.481 e. The minimum atomic E-state index is -0.864. The first-order chi connectivity index (χ1) is 10.2. The first-order valence-electron chi connectivity index (χ1n) is 6.41. The van der Waals surface area contributed by atoms with Gasteiger partial charge in [0, 0.05) is 11.9 Å². The molecule has 106 valence electrons. The Labute approximate surface area is 125 Å². The zero-order chi connectivity index (χ0) is 14.8. The monoisotopic (exact) mass is 299 g/mol. The smallest absolute Gasteiger partial charge is 0.313 e. The van der Waals surface area contributed by atoms with Gasteiger partial charge in [0.2, 0.25) is 0 Å². The number of thioether (sulfide) groups is 1. The predicted octanol–water partition coefficient (Wildman–Crippen LogP) is 2.91. The number of carbonyl (C=O) groups is 1. The number of carboxylic acid groups (broad SMARTS) is 1. The minimum Gasteiger partial charge on any atom is -0.481 e. The summed E-state index contributed by atoms with van der Waals surface area (Å²) >= 11 is 1.20. The summed E-state index contributed by atoms with van der Waals surface area (Å²) in [5.74, 6) is -0.897. The maximum Gasteiger partial charge on any atom is 0.313 e. The van der Waals surface area contributed by atoms with Gasteiger partial charge in [-0.15, -0.1) is 0 Å². The second-order valence-corrected chi connectivity index (χ2v) is 5.49. The van der Waals surface area contributed by atoms with Crippen LogP contribution in [0.4, 0.5) is 0 Å². The van der Waals surface area contributed by atoms with Crippen LogP contribution in [0.2, 0.25) is 0 Å². The van der Waals surface area contributed by atoms with Crippen molar-refractivity contribution in [3.8, 4) is 5.69 Å². The number of pyridine rings is 1. The number of aromatic nitrogens is 3. The average molecular weight is 299 g/mol. The summed E-state index contributed by atoms with van der Waals surface area (Å²) in [4.78, 5) is 19.8. The highest BCUT2D eigenvalue weighted by Gasteiger charge is 2.16. The molecule has 21 heavy (non-hydrogen) atoms. The van der Waals surface area contributed by atoms with Crippen molar-refractivity contribution in [1.82, 2.24) is 14.5 Å². The molecular weight excluding hydrogens is 286 g/mol. The third kappa shape index (κ3) is 2.62. The van der Waals surface area contributed by atoms with Crippen LogP contribution in [0, 0.1) is 6.92 Å². The van der Waals surface area contributed by atoms with Gasteiger partial charge in [-0.3, -0.25) is 9.36 Å². The molecule has 0 spiro atoms. The summed E-state index contributed by atoms with van der Waals surface area (Å²) in [6.07, 6.45) is 1.74. The van der Waals surface area contributed by atoms with Gasteiger partial charge < -0.3 is 5.11 Å². The molecule has 0 aliphatic heterocycles. The van der Waals surface area contributed by atoms with E-state index in [9.17, 15) is 4.79 Å². The molecule has 1 N–H and O–H groups in total.